The van der Waals surface area contributed by atoms with Crippen molar-refractivity contribution in [2.24, 2.45) is 5.73 Å². The van der Waals surface area contributed by atoms with Gasteiger partial charge >= 0.3 is 0 Å². The van der Waals surface area contributed by atoms with Crippen LogP contribution in [0.15, 0.2) is 65.5 Å². The predicted molar refractivity (Wildman–Crippen MR) is 131 cm³/mol. The standard InChI is InChI=1S/C27H24N4O3/c1-15-9-11-16(12-10-15)24-14-18(17-5-2-3-6-21(17)29-24)26(33)30-22-7-4-8-23-19(22)13-20(25(28)32)27(34)31-23/h2-3,5-6,9-14,22H,4,7-8H2,1H3,(H2,28,32)(H,30,33)(H,31,34). The molecule has 4 N–H and O–H groups in total. The SMILES string of the molecule is Cc1ccc(-c2cc(C(=O)NC3CCCc4[nH]c(=O)c(C(N)=O)cc43)c3ccccc3n2)cc1. The highest BCUT2D eigenvalue weighted by atomic mass is 16.2. The molecule has 2 heterocycles. The van der Waals surface area contributed by atoms with Gasteiger partial charge in [-0.3, -0.25) is 14.4 Å². The Morgan fingerprint density at radius 2 is 1.82 bits per heavy atom. The fourth-order valence-corrected chi connectivity index (χ4v) is 4.55. The number of fused-ring (bicyclic) bond motifs is 2. The first-order valence-corrected chi connectivity index (χ1v) is 11.2. The van der Waals surface area contributed by atoms with Gasteiger partial charge in [0.2, 0.25) is 0 Å². The average molecular weight is 453 g/mol. The molecule has 2 amide bonds. The number of nitrogens with two attached hydrogens (primary N) is 1. The lowest BCUT2D eigenvalue weighted by Crippen LogP contribution is -2.34. The lowest BCUT2D eigenvalue weighted by Gasteiger charge is -2.26. The van der Waals surface area contributed by atoms with E-state index in [0.717, 1.165) is 39.7 Å². The normalized spacial score (nSPS) is 15.0. The summed E-state index contributed by atoms with van der Waals surface area (Å²) in [6, 6.07) is 18.6. The zero-order valence-corrected chi connectivity index (χ0v) is 18.7. The molecule has 0 spiro atoms. The number of hydrogen-bond donors (Lipinski definition) is 3. The van der Waals surface area contributed by atoms with Crippen LogP contribution in [0.4, 0.5) is 0 Å². The van der Waals surface area contributed by atoms with Crippen LogP contribution in [0.1, 0.15) is 56.4 Å². The van der Waals surface area contributed by atoms with Crippen LogP contribution < -0.4 is 16.6 Å². The topological polar surface area (TPSA) is 118 Å². The minimum Gasteiger partial charge on any atom is -0.365 e. The Morgan fingerprint density at radius 1 is 1.06 bits per heavy atom. The number of amides is 2. The molecule has 0 radical (unpaired) electrons. The van der Waals surface area contributed by atoms with Gasteiger partial charge in [-0.15, -0.1) is 0 Å². The van der Waals surface area contributed by atoms with Crippen LogP contribution in [-0.4, -0.2) is 21.8 Å². The molecule has 0 saturated heterocycles. The van der Waals surface area contributed by atoms with E-state index in [-0.39, 0.29) is 17.5 Å². The van der Waals surface area contributed by atoms with Crippen LogP contribution in [-0.2, 0) is 6.42 Å². The molecule has 2 aromatic carbocycles. The average Bonchev–Trinajstić information content (AvgIpc) is 2.83. The van der Waals surface area contributed by atoms with Gasteiger partial charge in [-0.05, 0) is 49.9 Å². The fourth-order valence-electron chi connectivity index (χ4n) is 4.55. The van der Waals surface area contributed by atoms with Gasteiger partial charge in [-0.1, -0.05) is 48.0 Å². The third-order valence-electron chi connectivity index (χ3n) is 6.33. The van der Waals surface area contributed by atoms with Gasteiger partial charge in [-0.25, -0.2) is 4.98 Å². The van der Waals surface area contributed by atoms with Gasteiger partial charge in [-0.2, -0.15) is 0 Å². The molecular formula is C27H24N4O3. The number of aromatic amines is 1. The fraction of sp³-hybridized carbons (Fsp3) is 0.185. The smallest absolute Gasteiger partial charge is 0.261 e. The van der Waals surface area contributed by atoms with Crippen LogP contribution in [0.2, 0.25) is 0 Å². The Balaban J connectivity index is 1.55. The minimum absolute atomic E-state index is 0.101. The third kappa shape index (κ3) is 3.96. The molecule has 1 aliphatic rings. The van der Waals surface area contributed by atoms with Gasteiger partial charge in [0.25, 0.3) is 17.4 Å². The van der Waals surface area contributed by atoms with Crippen LogP contribution in [0.5, 0.6) is 0 Å². The monoisotopic (exact) mass is 452 g/mol. The van der Waals surface area contributed by atoms with E-state index < -0.39 is 11.5 Å². The third-order valence-corrected chi connectivity index (χ3v) is 6.33. The van der Waals surface area contributed by atoms with E-state index in [1.54, 1.807) is 0 Å². The molecule has 4 aromatic rings. The zero-order chi connectivity index (χ0) is 23.8. The molecule has 1 aliphatic carbocycles. The maximum Gasteiger partial charge on any atom is 0.261 e. The molecule has 34 heavy (non-hydrogen) atoms. The first-order valence-electron chi connectivity index (χ1n) is 11.2. The van der Waals surface area contributed by atoms with Crippen molar-refractivity contribution in [3.8, 4) is 11.3 Å². The number of pyridine rings is 2. The van der Waals surface area contributed by atoms with Crippen molar-refractivity contribution in [2.75, 3.05) is 0 Å². The Morgan fingerprint density at radius 3 is 2.59 bits per heavy atom. The quantitative estimate of drug-likeness (QED) is 0.436. The molecule has 0 saturated carbocycles. The number of nitrogens with one attached hydrogen (secondary N) is 2. The number of nitrogens with zero attached hydrogens (tertiary/aromatic N) is 1. The van der Waals surface area contributed by atoms with Crippen molar-refractivity contribution >= 4 is 22.7 Å². The largest absolute Gasteiger partial charge is 0.365 e. The second-order valence-electron chi connectivity index (χ2n) is 8.67. The van der Waals surface area contributed by atoms with Crippen molar-refractivity contribution in [1.82, 2.24) is 15.3 Å². The predicted octanol–water partition coefficient (Wildman–Crippen LogP) is 3.80. The van der Waals surface area contributed by atoms with E-state index in [9.17, 15) is 14.4 Å². The summed E-state index contributed by atoms with van der Waals surface area (Å²) in [5.41, 5.74) is 10.3. The van der Waals surface area contributed by atoms with E-state index in [2.05, 4.69) is 10.3 Å². The van der Waals surface area contributed by atoms with E-state index in [1.807, 2.05) is 61.5 Å². The van der Waals surface area contributed by atoms with Crippen LogP contribution in [0, 0.1) is 6.92 Å². The summed E-state index contributed by atoms with van der Waals surface area (Å²) >= 11 is 0. The van der Waals surface area contributed by atoms with E-state index in [4.69, 9.17) is 10.7 Å². The minimum atomic E-state index is -0.789. The van der Waals surface area contributed by atoms with Crippen molar-refractivity contribution in [3.05, 3.63) is 99.0 Å². The molecule has 5 rings (SSSR count). The lowest BCUT2D eigenvalue weighted by molar-refractivity contribution is 0.0934. The van der Waals surface area contributed by atoms with Crippen molar-refractivity contribution < 1.29 is 9.59 Å². The van der Waals surface area contributed by atoms with Gasteiger partial charge in [0.15, 0.2) is 0 Å². The van der Waals surface area contributed by atoms with Gasteiger partial charge < -0.3 is 16.0 Å². The summed E-state index contributed by atoms with van der Waals surface area (Å²) < 4.78 is 0. The van der Waals surface area contributed by atoms with Gasteiger partial charge in [0, 0.05) is 16.6 Å². The number of para-hydroxylation sites is 1. The molecule has 170 valence electrons. The van der Waals surface area contributed by atoms with Crippen molar-refractivity contribution in [1.29, 1.82) is 0 Å². The van der Waals surface area contributed by atoms with E-state index in [1.165, 1.54) is 6.07 Å². The highest BCUT2D eigenvalue weighted by Gasteiger charge is 2.26. The molecule has 0 fully saturated rings. The van der Waals surface area contributed by atoms with Crippen LogP contribution >= 0.6 is 0 Å². The number of rotatable bonds is 4. The van der Waals surface area contributed by atoms with Gasteiger partial charge in [0.1, 0.15) is 5.56 Å². The highest BCUT2D eigenvalue weighted by molar-refractivity contribution is 6.07. The highest BCUT2D eigenvalue weighted by Crippen LogP contribution is 2.30. The molecule has 1 atom stereocenters. The first-order chi connectivity index (χ1) is 16.4. The number of carbonyl (C=O) groups excluding carboxylic acids is 2. The molecule has 7 heteroatoms. The zero-order valence-electron chi connectivity index (χ0n) is 18.7. The summed E-state index contributed by atoms with van der Waals surface area (Å²) in [4.78, 5) is 45.0. The number of benzene rings is 2. The second-order valence-corrected chi connectivity index (χ2v) is 8.67. The first kappa shape index (κ1) is 21.6. The maximum absolute atomic E-state index is 13.6. The molecule has 0 bridgehead atoms. The van der Waals surface area contributed by atoms with Gasteiger partial charge in [0.05, 0.1) is 22.8 Å². The molecule has 7 nitrogen and oxygen atoms in total. The van der Waals surface area contributed by atoms with Crippen molar-refractivity contribution in [3.63, 3.8) is 0 Å². The van der Waals surface area contributed by atoms with Crippen LogP contribution in [0.25, 0.3) is 22.2 Å². The maximum atomic E-state index is 13.6. The Labute approximate surface area is 196 Å². The molecule has 1 unspecified atom stereocenters. The Kier molecular flexibility index (Phi) is 5.45. The van der Waals surface area contributed by atoms with Crippen LogP contribution in [0.3, 0.4) is 0 Å². The number of H-pyrrole nitrogens is 1. The number of hydrogen-bond acceptors (Lipinski definition) is 4. The molecule has 2 aromatic heterocycles. The van der Waals surface area contributed by atoms with E-state index >= 15 is 0 Å². The number of carbonyl (C=O) groups is 2. The molecule has 0 aliphatic heterocycles. The Hall–Kier alpha value is -4.26. The Bertz CT molecular complexity index is 1490. The summed E-state index contributed by atoms with van der Waals surface area (Å²) in [7, 11) is 0. The summed E-state index contributed by atoms with van der Waals surface area (Å²) in [6.07, 6.45) is 2.16. The summed E-state index contributed by atoms with van der Waals surface area (Å²) in [5.74, 6) is -1.03. The number of aryl methyl sites for hydroxylation is 2. The summed E-state index contributed by atoms with van der Waals surface area (Å²) in [5, 5.41) is 3.87. The lowest BCUT2D eigenvalue weighted by atomic mass is 9.90. The van der Waals surface area contributed by atoms with Crippen molar-refractivity contribution in [2.45, 2.75) is 32.2 Å². The summed E-state index contributed by atoms with van der Waals surface area (Å²) in [6.45, 7) is 2.02. The number of primary amides is 1. The number of aromatic nitrogens is 2. The van der Waals surface area contributed by atoms with E-state index in [0.29, 0.717) is 24.1 Å². The second kappa shape index (κ2) is 8.59. The molecular weight excluding hydrogens is 428 g/mol.